The Morgan fingerprint density at radius 3 is 2.48 bits per heavy atom. The molecule has 0 bridgehead atoms. The largest absolute Gasteiger partial charge is 0.463 e. The van der Waals surface area contributed by atoms with Crippen LogP contribution < -0.4 is 0 Å². The van der Waals surface area contributed by atoms with Gasteiger partial charge in [0, 0.05) is 6.08 Å². The quantitative estimate of drug-likeness (QED) is 0.429. The van der Waals surface area contributed by atoms with Crippen molar-refractivity contribution < 1.29 is 9.53 Å². The van der Waals surface area contributed by atoms with Gasteiger partial charge in [0.25, 0.3) is 0 Å². The summed E-state index contributed by atoms with van der Waals surface area (Å²) in [6.45, 7) is 6.10. The molecule has 0 saturated carbocycles. The number of carbonyl (C=O) groups excluding carboxylic acids is 1. The van der Waals surface area contributed by atoms with Gasteiger partial charge in [-0.2, -0.15) is 0 Å². The highest BCUT2D eigenvalue weighted by Crippen LogP contribution is 2.05. The van der Waals surface area contributed by atoms with Crippen LogP contribution in [0.1, 0.15) is 26.3 Å². The molecule has 0 atom stereocenters. The fourth-order valence-electron chi connectivity index (χ4n) is 1.62. The second-order valence-corrected chi connectivity index (χ2v) is 4.65. The second kappa shape index (κ2) is 9.54. The molecule has 0 aliphatic rings. The first-order valence-electron chi connectivity index (χ1n) is 7.05. The Bertz CT molecular complexity index is 560. The zero-order chi connectivity index (χ0) is 15.5. The molecule has 1 aromatic rings. The maximum Gasteiger partial charge on any atom is 0.330 e. The summed E-state index contributed by atoms with van der Waals surface area (Å²) in [6, 6.07) is 10.2. The van der Waals surface area contributed by atoms with Crippen molar-refractivity contribution in [1.82, 2.24) is 0 Å². The van der Waals surface area contributed by atoms with Crippen LogP contribution in [0.3, 0.4) is 0 Å². The lowest BCUT2D eigenvalue weighted by Gasteiger charge is -1.96. The minimum Gasteiger partial charge on any atom is -0.463 e. The third-order valence-electron chi connectivity index (χ3n) is 2.69. The van der Waals surface area contributed by atoms with Crippen molar-refractivity contribution in [2.45, 2.75) is 20.8 Å². The maximum atomic E-state index is 11.3. The summed E-state index contributed by atoms with van der Waals surface area (Å²) in [5.41, 5.74) is 3.18. The zero-order valence-corrected chi connectivity index (χ0v) is 12.9. The van der Waals surface area contributed by atoms with E-state index in [4.69, 9.17) is 4.74 Å². The third-order valence-corrected chi connectivity index (χ3v) is 2.69. The van der Waals surface area contributed by atoms with E-state index in [2.05, 4.69) is 24.3 Å². The van der Waals surface area contributed by atoms with E-state index in [9.17, 15) is 4.79 Å². The van der Waals surface area contributed by atoms with Crippen LogP contribution in [0.4, 0.5) is 0 Å². The van der Waals surface area contributed by atoms with Gasteiger partial charge in [0.15, 0.2) is 0 Å². The van der Waals surface area contributed by atoms with Gasteiger partial charge in [0.05, 0.1) is 6.61 Å². The van der Waals surface area contributed by atoms with Gasteiger partial charge in [0.1, 0.15) is 0 Å². The maximum absolute atomic E-state index is 11.3. The van der Waals surface area contributed by atoms with Crippen LogP contribution in [0.25, 0.3) is 6.08 Å². The van der Waals surface area contributed by atoms with Crippen LogP contribution in [0.5, 0.6) is 0 Å². The topological polar surface area (TPSA) is 26.3 Å². The number of allylic oxidation sites excluding steroid dienone is 6. The summed E-state index contributed by atoms with van der Waals surface area (Å²) in [4.78, 5) is 11.3. The molecule has 0 heterocycles. The van der Waals surface area contributed by atoms with E-state index in [1.807, 2.05) is 50.3 Å². The average Bonchev–Trinajstić information content (AvgIpc) is 2.46. The number of rotatable bonds is 6. The van der Waals surface area contributed by atoms with Crippen LogP contribution in [-0.4, -0.2) is 12.6 Å². The van der Waals surface area contributed by atoms with E-state index in [0.717, 1.165) is 11.1 Å². The highest BCUT2D eigenvalue weighted by Gasteiger charge is 1.94. The molecule has 2 nitrogen and oxygen atoms in total. The van der Waals surface area contributed by atoms with E-state index in [0.29, 0.717) is 6.61 Å². The zero-order valence-electron chi connectivity index (χ0n) is 12.9. The van der Waals surface area contributed by atoms with Gasteiger partial charge < -0.3 is 4.74 Å². The lowest BCUT2D eigenvalue weighted by atomic mass is 10.1. The van der Waals surface area contributed by atoms with Crippen LogP contribution >= 0.6 is 0 Å². The first-order chi connectivity index (χ1) is 10.1. The van der Waals surface area contributed by atoms with Crippen molar-refractivity contribution >= 4 is 12.0 Å². The molecule has 110 valence electrons. The molecule has 0 unspecified atom stereocenters. The fourth-order valence-corrected chi connectivity index (χ4v) is 1.62. The molecule has 0 fully saturated rings. The lowest BCUT2D eigenvalue weighted by Crippen LogP contribution is -1.99. The highest BCUT2D eigenvalue weighted by atomic mass is 16.5. The second-order valence-electron chi connectivity index (χ2n) is 4.65. The van der Waals surface area contributed by atoms with Crippen molar-refractivity contribution in [2.75, 3.05) is 6.61 Å². The molecular weight excluding hydrogens is 260 g/mol. The normalized spacial score (nSPS) is 13.1. The summed E-state index contributed by atoms with van der Waals surface area (Å²) < 4.78 is 4.85. The molecule has 0 aliphatic carbocycles. The summed E-state index contributed by atoms with van der Waals surface area (Å²) in [5.74, 6) is -0.302. The van der Waals surface area contributed by atoms with Gasteiger partial charge in [-0.3, -0.25) is 0 Å². The summed E-state index contributed by atoms with van der Waals surface area (Å²) in [7, 11) is 0. The van der Waals surface area contributed by atoms with Crippen molar-refractivity contribution in [3.8, 4) is 0 Å². The molecule has 21 heavy (non-hydrogen) atoms. The van der Waals surface area contributed by atoms with E-state index in [-0.39, 0.29) is 5.97 Å². The molecule has 0 amide bonds. The average molecular weight is 282 g/mol. The standard InChI is InChI=1S/C19H22O2/c1-4-21-19(20)15-17(3)10-8-9-16(2)13-14-18-11-6-5-7-12-18/h5-15H,4H2,1-3H3/b10-8+,14-13+,16-9+,17-15+. The van der Waals surface area contributed by atoms with Crippen LogP contribution in [0.2, 0.25) is 0 Å². The summed E-state index contributed by atoms with van der Waals surface area (Å²) in [6.07, 6.45) is 11.4. The predicted molar refractivity (Wildman–Crippen MR) is 88.8 cm³/mol. The molecule has 0 saturated heterocycles. The minimum absolute atomic E-state index is 0.302. The summed E-state index contributed by atoms with van der Waals surface area (Å²) in [5, 5.41) is 0. The molecule has 2 heteroatoms. The molecular formula is C19H22O2. The molecule has 0 N–H and O–H groups in total. The monoisotopic (exact) mass is 282 g/mol. The Morgan fingerprint density at radius 1 is 1.10 bits per heavy atom. The van der Waals surface area contributed by atoms with E-state index >= 15 is 0 Å². The number of esters is 1. The van der Waals surface area contributed by atoms with E-state index in [1.165, 1.54) is 11.6 Å². The Labute approximate surface area is 127 Å². The Morgan fingerprint density at radius 2 is 1.81 bits per heavy atom. The van der Waals surface area contributed by atoms with Gasteiger partial charge in [-0.05, 0) is 31.9 Å². The van der Waals surface area contributed by atoms with Gasteiger partial charge in [-0.1, -0.05) is 66.3 Å². The highest BCUT2D eigenvalue weighted by molar-refractivity contribution is 5.83. The molecule has 0 radical (unpaired) electrons. The summed E-state index contributed by atoms with van der Waals surface area (Å²) >= 11 is 0. The number of benzene rings is 1. The van der Waals surface area contributed by atoms with Gasteiger partial charge in [-0.15, -0.1) is 0 Å². The fraction of sp³-hybridized carbons (Fsp3) is 0.211. The van der Waals surface area contributed by atoms with Crippen LogP contribution in [0.15, 0.2) is 71.9 Å². The van der Waals surface area contributed by atoms with Gasteiger partial charge in [0.2, 0.25) is 0 Å². The first-order valence-corrected chi connectivity index (χ1v) is 7.05. The number of hydrogen-bond donors (Lipinski definition) is 0. The number of ether oxygens (including phenoxy) is 1. The van der Waals surface area contributed by atoms with Crippen molar-refractivity contribution in [3.05, 3.63) is 77.4 Å². The molecule has 1 aromatic carbocycles. The molecule has 0 aromatic heterocycles. The molecule has 0 spiro atoms. The Hall–Kier alpha value is -2.35. The van der Waals surface area contributed by atoms with Crippen LogP contribution in [0, 0.1) is 0 Å². The van der Waals surface area contributed by atoms with E-state index < -0.39 is 0 Å². The van der Waals surface area contributed by atoms with Gasteiger partial charge in [-0.25, -0.2) is 4.79 Å². The van der Waals surface area contributed by atoms with Crippen molar-refractivity contribution in [1.29, 1.82) is 0 Å². The van der Waals surface area contributed by atoms with Crippen molar-refractivity contribution in [3.63, 3.8) is 0 Å². The Kier molecular flexibility index (Phi) is 7.59. The van der Waals surface area contributed by atoms with Gasteiger partial charge >= 0.3 is 5.97 Å². The number of hydrogen-bond acceptors (Lipinski definition) is 2. The van der Waals surface area contributed by atoms with Crippen LogP contribution in [-0.2, 0) is 9.53 Å². The third kappa shape index (κ3) is 7.73. The van der Waals surface area contributed by atoms with E-state index in [1.54, 1.807) is 6.92 Å². The first kappa shape index (κ1) is 16.7. The lowest BCUT2D eigenvalue weighted by molar-refractivity contribution is -0.137. The SMILES string of the molecule is CCOC(=O)/C=C(C)/C=C/C=C(C)/C=C/c1ccccc1. The number of carbonyl (C=O) groups is 1. The predicted octanol–water partition coefficient (Wildman–Crippen LogP) is 4.71. The molecule has 1 rings (SSSR count). The Balaban J connectivity index is 2.57. The molecule has 0 aliphatic heterocycles. The smallest absolute Gasteiger partial charge is 0.330 e. The van der Waals surface area contributed by atoms with Crippen molar-refractivity contribution in [2.24, 2.45) is 0 Å². The minimum atomic E-state index is -0.302.